The molecule has 0 aliphatic rings. The van der Waals surface area contributed by atoms with E-state index in [4.69, 9.17) is 37.4 Å². The molecule has 0 aliphatic carbocycles. The topological polar surface area (TPSA) is 60.3 Å². The van der Waals surface area contributed by atoms with Crippen LogP contribution in [0.4, 0.5) is 0 Å². The van der Waals surface area contributed by atoms with Crippen LogP contribution in [0.3, 0.4) is 0 Å². The van der Waals surface area contributed by atoms with Crippen LogP contribution in [0.2, 0.25) is 0 Å². The van der Waals surface area contributed by atoms with Crippen LogP contribution < -0.4 is 14.2 Å². The van der Waals surface area contributed by atoms with E-state index in [0.717, 1.165) is 5.56 Å². The summed E-state index contributed by atoms with van der Waals surface area (Å²) in [6, 6.07) is 23.7. The van der Waals surface area contributed by atoms with Crippen LogP contribution in [0, 0.1) is 0 Å². The van der Waals surface area contributed by atoms with Gasteiger partial charge in [-0.15, -0.1) is 0 Å². The lowest BCUT2D eigenvalue weighted by Gasteiger charge is -2.10. The van der Waals surface area contributed by atoms with Crippen molar-refractivity contribution in [3.8, 4) is 23.0 Å². The van der Waals surface area contributed by atoms with Gasteiger partial charge in [-0.1, -0.05) is 58.7 Å². The predicted octanol–water partition coefficient (Wildman–Crippen LogP) is 6.43. The normalized spacial score (nSPS) is 10.9. The van der Waals surface area contributed by atoms with Gasteiger partial charge in [-0.05, 0) is 54.6 Å². The number of rotatable bonds is 9. The number of hydrogen-bond donors (Lipinski definition) is 1. The highest BCUT2D eigenvalue weighted by atomic mass is 35.5. The first kappa shape index (κ1) is 21.6. The van der Waals surface area contributed by atoms with E-state index in [1.165, 1.54) is 0 Å². The maximum Gasteiger partial charge on any atom is 0.134 e. The molecule has 3 rings (SSSR count). The largest absolute Gasteiger partial charge is 0.489 e. The molecule has 0 saturated heterocycles. The van der Waals surface area contributed by atoms with Gasteiger partial charge >= 0.3 is 0 Å². The second-order valence-electron chi connectivity index (χ2n) is 6.05. The fraction of sp³-hybridized carbons (Fsp3) is 0.0870. The van der Waals surface area contributed by atoms with E-state index in [9.17, 15) is 5.21 Å². The Bertz CT molecular complexity index is 984. The van der Waals surface area contributed by atoms with Crippen molar-refractivity contribution in [1.29, 1.82) is 0 Å². The van der Waals surface area contributed by atoms with E-state index in [0.29, 0.717) is 28.7 Å². The molecule has 0 spiro atoms. The van der Waals surface area contributed by atoms with E-state index >= 15 is 0 Å². The maximum atomic E-state index is 9.22. The smallest absolute Gasteiger partial charge is 0.134 e. The van der Waals surface area contributed by atoms with Gasteiger partial charge in [0.05, 0.1) is 0 Å². The zero-order valence-corrected chi connectivity index (χ0v) is 17.4. The van der Waals surface area contributed by atoms with Crippen LogP contribution in [0.25, 0.3) is 0 Å². The zero-order valence-electron chi connectivity index (χ0n) is 15.9. The Morgan fingerprint density at radius 1 is 0.767 bits per heavy atom. The SMILES string of the molecule is ON=C(COc1ccc(Oc2ccc(OCC=C(Cl)Cl)cc2)cc1)c1ccccc1. The third-order valence-electron chi connectivity index (χ3n) is 3.97. The molecule has 0 amide bonds. The summed E-state index contributed by atoms with van der Waals surface area (Å²) in [6.07, 6.45) is 1.56. The van der Waals surface area contributed by atoms with Gasteiger partial charge in [0, 0.05) is 5.56 Å². The maximum absolute atomic E-state index is 9.22. The van der Waals surface area contributed by atoms with Crippen molar-refractivity contribution in [3.05, 3.63) is 95.0 Å². The number of ether oxygens (including phenoxy) is 3. The summed E-state index contributed by atoms with van der Waals surface area (Å²) in [4.78, 5) is 0. The van der Waals surface area contributed by atoms with Crippen LogP contribution in [-0.4, -0.2) is 24.1 Å². The minimum Gasteiger partial charge on any atom is -0.489 e. The Hall–Kier alpha value is -3.15. The van der Waals surface area contributed by atoms with Crippen molar-refractivity contribution >= 4 is 28.9 Å². The van der Waals surface area contributed by atoms with E-state index in [1.807, 2.05) is 30.3 Å². The molecule has 0 atom stereocenters. The van der Waals surface area contributed by atoms with Gasteiger partial charge < -0.3 is 19.4 Å². The fourth-order valence-corrected chi connectivity index (χ4v) is 2.62. The Morgan fingerprint density at radius 3 is 1.83 bits per heavy atom. The average Bonchev–Trinajstić information content (AvgIpc) is 2.77. The van der Waals surface area contributed by atoms with Crippen molar-refractivity contribution in [2.24, 2.45) is 5.16 Å². The van der Waals surface area contributed by atoms with Crippen LogP contribution in [0.5, 0.6) is 23.0 Å². The highest BCUT2D eigenvalue weighted by molar-refractivity contribution is 6.55. The molecule has 7 heteroatoms. The van der Waals surface area contributed by atoms with Crippen LogP contribution >= 0.6 is 23.2 Å². The molecule has 0 saturated carbocycles. The second-order valence-corrected chi connectivity index (χ2v) is 7.06. The number of halogens is 2. The number of nitrogens with zero attached hydrogens (tertiary/aromatic N) is 1. The number of oxime groups is 1. The zero-order chi connectivity index (χ0) is 21.2. The Balaban J connectivity index is 1.52. The molecular weight excluding hydrogens is 425 g/mol. The quantitative estimate of drug-likeness (QED) is 0.235. The molecule has 0 bridgehead atoms. The molecule has 0 unspecified atom stereocenters. The van der Waals surface area contributed by atoms with Crippen LogP contribution in [0.1, 0.15) is 5.56 Å². The standard InChI is InChI=1S/C23H19Cl2NO4/c24-23(25)14-15-28-18-6-10-20(11-7-18)30-21-12-8-19(9-13-21)29-16-22(26-27)17-4-2-1-3-5-17/h1-14,27H,15-16H2. The first-order chi connectivity index (χ1) is 14.6. The summed E-state index contributed by atoms with van der Waals surface area (Å²) in [6.45, 7) is 0.434. The molecular formula is C23H19Cl2NO4. The summed E-state index contributed by atoms with van der Waals surface area (Å²) in [5.74, 6) is 2.64. The van der Waals surface area contributed by atoms with Crippen molar-refractivity contribution in [2.45, 2.75) is 0 Å². The summed E-state index contributed by atoms with van der Waals surface area (Å²) >= 11 is 11.1. The van der Waals surface area contributed by atoms with Gasteiger partial charge in [0.25, 0.3) is 0 Å². The molecule has 30 heavy (non-hydrogen) atoms. The number of hydrogen-bond acceptors (Lipinski definition) is 5. The van der Waals surface area contributed by atoms with Gasteiger partial charge in [0.1, 0.15) is 46.4 Å². The first-order valence-corrected chi connectivity index (χ1v) is 9.81. The lowest BCUT2D eigenvalue weighted by Crippen LogP contribution is -2.12. The monoisotopic (exact) mass is 443 g/mol. The van der Waals surface area contributed by atoms with Gasteiger partial charge in [-0.3, -0.25) is 0 Å². The third-order valence-corrected chi connectivity index (χ3v) is 4.28. The van der Waals surface area contributed by atoms with Crippen LogP contribution in [0.15, 0.2) is 94.6 Å². The Labute approximate surface area is 184 Å². The van der Waals surface area contributed by atoms with Gasteiger partial charge in [-0.25, -0.2) is 0 Å². The molecule has 0 aliphatic heterocycles. The summed E-state index contributed by atoms with van der Waals surface area (Å²) in [7, 11) is 0. The predicted molar refractivity (Wildman–Crippen MR) is 119 cm³/mol. The summed E-state index contributed by atoms with van der Waals surface area (Å²) in [5.41, 5.74) is 1.25. The van der Waals surface area contributed by atoms with Crippen molar-refractivity contribution < 1.29 is 19.4 Å². The average molecular weight is 444 g/mol. The van der Waals surface area contributed by atoms with Gasteiger partial charge in [0.2, 0.25) is 0 Å². The lowest BCUT2D eigenvalue weighted by atomic mass is 10.1. The molecule has 0 aromatic heterocycles. The van der Waals surface area contributed by atoms with E-state index < -0.39 is 0 Å². The molecule has 0 radical (unpaired) electrons. The van der Waals surface area contributed by atoms with E-state index in [-0.39, 0.29) is 17.7 Å². The second kappa shape index (κ2) is 11.1. The molecule has 0 heterocycles. The molecule has 3 aromatic rings. The highest BCUT2D eigenvalue weighted by Gasteiger charge is 2.06. The van der Waals surface area contributed by atoms with Crippen molar-refractivity contribution in [1.82, 2.24) is 0 Å². The first-order valence-electron chi connectivity index (χ1n) is 9.05. The van der Waals surface area contributed by atoms with Crippen molar-refractivity contribution in [3.63, 3.8) is 0 Å². The minimum atomic E-state index is 0.145. The molecule has 1 N–H and O–H groups in total. The van der Waals surface area contributed by atoms with Crippen molar-refractivity contribution in [2.75, 3.05) is 13.2 Å². The van der Waals surface area contributed by atoms with E-state index in [2.05, 4.69) is 5.16 Å². The lowest BCUT2D eigenvalue weighted by molar-refractivity contribution is 0.308. The van der Waals surface area contributed by atoms with E-state index in [1.54, 1.807) is 54.6 Å². The van der Waals surface area contributed by atoms with Gasteiger partial charge in [0.15, 0.2) is 0 Å². The fourth-order valence-electron chi connectivity index (χ4n) is 2.50. The molecule has 3 aromatic carbocycles. The Kier molecular flexibility index (Phi) is 8.01. The highest BCUT2D eigenvalue weighted by Crippen LogP contribution is 2.26. The molecule has 5 nitrogen and oxygen atoms in total. The molecule has 0 fully saturated rings. The van der Waals surface area contributed by atoms with Crippen LogP contribution in [-0.2, 0) is 0 Å². The third kappa shape index (κ3) is 6.72. The Morgan fingerprint density at radius 2 is 1.30 bits per heavy atom. The summed E-state index contributed by atoms with van der Waals surface area (Å²) < 4.78 is 17.2. The summed E-state index contributed by atoms with van der Waals surface area (Å²) in [5, 5.41) is 12.5. The van der Waals surface area contributed by atoms with Gasteiger partial charge in [-0.2, -0.15) is 0 Å². The minimum absolute atomic E-state index is 0.145. The molecule has 154 valence electrons. The number of benzene rings is 3.